The summed E-state index contributed by atoms with van der Waals surface area (Å²) in [7, 11) is 0. The lowest BCUT2D eigenvalue weighted by Crippen LogP contribution is -2.24. The first-order valence-electron chi connectivity index (χ1n) is 12.7. The second kappa shape index (κ2) is 19.0. The molecule has 0 saturated heterocycles. The lowest BCUT2D eigenvalue weighted by atomic mass is 9.96. The molecular formula is C24H30N8O7S2. The van der Waals surface area contributed by atoms with E-state index in [9.17, 15) is 14.4 Å². The van der Waals surface area contributed by atoms with Crippen LogP contribution in [0.15, 0.2) is 28.3 Å². The molecule has 4 rings (SSSR count). The number of nitrogens with zero attached hydrogens (tertiary/aromatic N) is 8. The first-order valence-corrected chi connectivity index (χ1v) is 14.4. The van der Waals surface area contributed by atoms with Crippen LogP contribution in [-0.2, 0) is 19.1 Å². The molecule has 2 fully saturated rings. The molecule has 2 heterocycles. The first kappa shape index (κ1) is 33.0. The molecule has 0 amide bonds. The summed E-state index contributed by atoms with van der Waals surface area (Å²) >= 11 is 2.61. The Morgan fingerprint density at radius 3 is 1.95 bits per heavy atom. The van der Waals surface area contributed by atoms with Crippen LogP contribution in [0, 0.1) is 0 Å². The topological polar surface area (TPSA) is 211 Å². The molecular weight excluding hydrogens is 576 g/mol. The fraction of sp³-hybridized carbons (Fsp3) is 0.542. The van der Waals surface area contributed by atoms with E-state index >= 15 is 0 Å². The van der Waals surface area contributed by atoms with Gasteiger partial charge in [-0.2, -0.15) is 0 Å². The summed E-state index contributed by atoms with van der Waals surface area (Å²) in [6.07, 6.45) is 12.7. The highest BCUT2D eigenvalue weighted by Crippen LogP contribution is 2.30. The van der Waals surface area contributed by atoms with Gasteiger partial charge < -0.3 is 18.9 Å². The molecule has 0 unspecified atom stereocenters. The molecule has 0 spiro atoms. The number of esters is 2. The highest BCUT2D eigenvalue weighted by Gasteiger charge is 2.21. The number of aromatic nitrogens is 2. The molecule has 220 valence electrons. The van der Waals surface area contributed by atoms with Crippen molar-refractivity contribution < 1.29 is 33.3 Å². The molecule has 0 N–H and O–H groups in total. The van der Waals surface area contributed by atoms with Crippen molar-refractivity contribution in [3.05, 3.63) is 48.7 Å². The smallest absolute Gasteiger partial charge is 0.340 e. The van der Waals surface area contributed by atoms with E-state index in [1.54, 1.807) is 26.2 Å². The Balaban J connectivity index is 0.000000238. The highest BCUT2D eigenvalue weighted by molar-refractivity contribution is 7.15. The number of rotatable bonds is 12. The zero-order valence-electron chi connectivity index (χ0n) is 22.6. The van der Waals surface area contributed by atoms with Gasteiger partial charge in [0.05, 0.1) is 29.2 Å². The van der Waals surface area contributed by atoms with Gasteiger partial charge in [0.1, 0.15) is 24.4 Å². The van der Waals surface area contributed by atoms with Crippen molar-refractivity contribution >= 4 is 47.0 Å². The van der Waals surface area contributed by atoms with Crippen LogP contribution in [0.3, 0.4) is 0 Å². The average molecular weight is 607 g/mol. The van der Waals surface area contributed by atoms with Crippen molar-refractivity contribution in [1.29, 1.82) is 0 Å². The zero-order valence-corrected chi connectivity index (χ0v) is 24.2. The van der Waals surface area contributed by atoms with Gasteiger partial charge in [-0.1, -0.05) is 32.9 Å². The minimum Gasteiger partial charge on any atom is -0.467 e. The Labute approximate surface area is 243 Å². The number of ether oxygens (including phenoxy) is 4. The van der Waals surface area contributed by atoms with Gasteiger partial charge >= 0.3 is 11.9 Å². The maximum atomic E-state index is 11.6. The Morgan fingerprint density at radius 2 is 1.51 bits per heavy atom. The van der Waals surface area contributed by atoms with Gasteiger partial charge in [0, 0.05) is 16.0 Å². The summed E-state index contributed by atoms with van der Waals surface area (Å²) in [5.41, 5.74) is 16.1. The summed E-state index contributed by atoms with van der Waals surface area (Å²) in [4.78, 5) is 46.6. The number of hydrogen-bond acceptors (Lipinski definition) is 13. The van der Waals surface area contributed by atoms with Crippen LogP contribution in [0.4, 0.5) is 0 Å². The van der Waals surface area contributed by atoms with Crippen molar-refractivity contribution in [2.24, 2.45) is 10.2 Å². The lowest BCUT2D eigenvalue weighted by Gasteiger charge is -2.24. The van der Waals surface area contributed by atoms with Crippen molar-refractivity contribution in [3.8, 4) is 10.4 Å². The van der Waals surface area contributed by atoms with Gasteiger partial charge in [0.15, 0.2) is 6.29 Å². The van der Waals surface area contributed by atoms with Gasteiger partial charge in [-0.25, -0.2) is 14.8 Å². The molecule has 2 aliphatic rings. The Hall–Kier alpha value is -4.17. The Morgan fingerprint density at radius 1 is 0.951 bits per heavy atom. The van der Waals surface area contributed by atoms with Crippen LogP contribution in [-0.4, -0.2) is 60.2 Å². The van der Waals surface area contributed by atoms with E-state index in [1.165, 1.54) is 41.6 Å². The van der Waals surface area contributed by atoms with Crippen LogP contribution in [0.25, 0.3) is 27.0 Å². The molecule has 2 aromatic heterocycles. The molecule has 41 heavy (non-hydrogen) atoms. The Bertz CT molecular complexity index is 1260. The summed E-state index contributed by atoms with van der Waals surface area (Å²) in [5, 5.41) is 7.52. The average Bonchev–Trinajstić information content (AvgIpc) is 3.57. The van der Waals surface area contributed by atoms with Gasteiger partial charge in [-0.3, -0.25) is 9.59 Å². The van der Waals surface area contributed by atoms with Crippen LogP contribution < -0.4 is 9.47 Å². The van der Waals surface area contributed by atoms with E-state index in [0.717, 1.165) is 32.0 Å². The number of carbonyl (C=O) groups is 3. The minimum atomic E-state index is -0.653. The third kappa shape index (κ3) is 12.7. The number of azide groups is 2. The van der Waals surface area contributed by atoms with Crippen LogP contribution in [0.5, 0.6) is 10.4 Å². The van der Waals surface area contributed by atoms with E-state index < -0.39 is 11.9 Å². The predicted molar refractivity (Wildman–Crippen MR) is 151 cm³/mol. The molecule has 0 aromatic carbocycles. The number of thiazole rings is 2. The minimum absolute atomic E-state index is 0.0896. The molecule has 15 nitrogen and oxygen atoms in total. The van der Waals surface area contributed by atoms with Crippen molar-refractivity contribution in [2.45, 2.75) is 64.6 Å². The van der Waals surface area contributed by atoms with Gasteiger partial charge in [-0.05, 0) is 69.5 Å². The monoisotopic (exact) mass is 606 g/mol. The third-order valence-corrected chi connectivity index (χ3v) is 6.89. The molecule has 2 saturated carbocycles. The Kier molecular flexibility index (Phi) is 15.3. The third-order valence-electron chi connectivity index (χ3n) is 5.24. The fourth-order valence-electron chi connectivity index (χ4n) is 2.84. The van der Waals surface area contributed by atoms with E-state index in [4.69, 9.17) is 25.3 Å². The number of carbonyl (C=O) groups excluding carboxylic acids is 3. The molecule has 0 atom stereocenters. The van der Waals surface area contributed by atoms with E-state index in [0.29, 0.717) is 32.9 Å². The van der Waals surface area contributed by atoms with E-state index in [2.05, 4.69) is 34.8 Å². The largest absolute Gasteiger partial charge is 0.467 e. The van der Waals surface area contributed by atoms with E-state index in [-0.39, 0.29) is 25.0 Å². The molecule has 0 aliphatic heterocycles. The summed E-state index contributed by atoms with van der Waals surface area (Å²) in [6.45, 7) is 3.69. The number of hydrogen-bond donors (Lipinski definition) is 0. The maximum Gasteiger partial charge on any atom is 0.340 e. The molecule has 0 radical (unpaired) electrons. The van der Waals surface area contributed by atoms with E-state index in [1.807, 2.05) is 0 Å². The van der Waals surface area contributed by atoms with Crippen molar-refractivity contribution in [3.63, 3.8) is 0 Å². The standard InChI is InChI=1S/C12H14N4O3S.C8H9NO2S.C4H7N3O2/c1-2-18-11(17)10(15-16-13)6-9-7-14-12(20-9)19-8-4-3-5-8;10-5-7-4-9-8(12-7)11-6-2-1-3-6;1-2-9-4(8)3-6-7-5/h6-8H,2-5H2,1H3;4-6H,1-3H2;2-3H2,1H3/b10-6-;;. The van der Waals surface area contributed by atoms with Gasteiger partial charge in [0.2, 0.25) is 0 Å². The van der Waals surface area contributed by atoms with Crippen LogP contribution in [0.2, 0.25) is 0 Å². The van der Waals surface area contributed by atoms with Crippen molar-refractivity contribution in [2.75, 3.05) is 19.8 Å². The maximum absolute atomic E-state index is 11.6. The quantitative estimate of drug-likeness (QED) is 0.0687. The normalized spacial score (nSPS) is 14.0. The molecule has 17 heteroatoms. The zero-order chi connectivity index (χ0) is 29.9. The molecule has 2 aliphatic carbocycles. The summed E-state index contributed by atoms with van der Waals surface area (Å²) in [5.74, 6) is -1.14. The SMILES string of the molecule is CCOC(=O)/C(=C/c1cnc(OC2CCC2)s1)N=[N+]=[N-].CCOC(=O)CN=[N+]=[N-].O=Cc1cnc(OC2CCC2)s1. The van der Waals surface area contributed by atoms with Gasteiger partial charge in [-0.15, -0.1) is 0 Å². The first-order chi connectivity index (χ1) is 19.9. The second-order valence-electron chi connectivity index (χ2n) is 8.15. The van der Waals surface area contributed by atoms with Crippen molar-refractivity contribution in [1.82, 2.24) is 9.97 Å². The highest BCUT2D eigenvalue weighted by atomic mass is 32.1. The summed E-state index contributed by atoms with van der Waals surface area (Å²) in [6, 6.07) is 0. The second-order valence-corrected chi connectivity index (χ2v) is 10.2. The number of aldehydes is 1. The lowest BCUT2D eigenvalue weighted by molar-refractivity contribution is -0.141. The molecule has 2 aromatic rings. The molecule has 0 bridgehead atoms. The van der Waals surface area contributed by atoms with Crippen LogP contribution in [0.1, 0.15) is 66.9 Å². The summed E-state index contributed by atoms with van der Waals surface area (Å²) < 4.78 is 20.4. The van der Waals surface area contributed by atoms with Crippen LogP contribution >= 0.6 is 22.7 Å². The fourth-order valence-corrected chi connectivity index (χ4v) is 4.26. The van der Waals surface area contributed by atoms with Gasteiger partial charge in [0.25, 0.3) is 10.4 Å². The predicted octanol–water partition coefficient (Wildman–Crippen LogP) is 6.04.